The van der Waals surface area contributed by atoms with Crippen LogP contribution in [0.5, 0.6) is 0 Å². The normalized spacial score (nSPS) is 10.0. The van der Waals surface area contributed by atoms with Crippen molar-refractivity contribution in [3.05, 3.63) is 34.6 Å². The largest absolute Gasteiger partial charge is 0.460 e. The first-order chi connectivity index (χ1) is 7.47. The lowest BCUT2D eigenvalue weighted by atomic mass is 10.0. The van der Waals surface area contributed by atoms with Gasteiger partial charge in [0.15, 0.2) is 0 Å². The predicted molar refractivity (Wildman–Crippen MR) is 56.8 cm³/mol. The van der Waals surface area contributed by atoms with Gasteiger partial charge in [0.2, 0.25) is 0 Å². The first kappa shape index (κ1) is 12.4. The molecule has 3 nitrogen and oxygen atoms in total. The maximum absolute atomic E-state index is 13.6. The Morgan fingerprint density at radius 1 is 1.31 bits per heavy atom. The number of esters is 1. The molecule has 0 heterocycles. The summed E-state index contributed by atoms with van der Waals surface area (Å²) in [6.45, 7) is 4.96. The van der Waals surface area contributed by atoms with Gasteiger partial charge < -0.3 is 4.74 Å². The lowest BCUT2D eigenvalue weighted by molar-refractivity contribution is -0.137. The molecule has 0 saturated carbocycles. The van der Waals surface area contributed by atoms with E-state index < -0.39 is 17.6 Å². The fraction of sp³-hybridized carbons (Fsp3) is 0.333. The van der Waals surface area contributed by atoms with Crippen LogP contribution in [-0.2, 0) is 9.53 Å². The van der Waals surface area contributed by atoms with E-state index in [2.05, 4.69) is 4.74 Å². The second-order valence-corrected chi connectivity index (χ2v) is 3.49. The highest BCUT2D eigenvalue weighted by atomic mass is 19.1. The van der Waals surface area contributed by atoms with E-state index in [9.17, 15) is 14.0 Å². The predicted octanol–water partition coefficient (Wildman–Crippen LogP) is 2.19. The van der Waals surface area contributed by atoms with Crippen LogP contribution in [0.15, 0.2) is 12.1 Å². The molecule has 0 spiro atoms. The monoisotopic (exact) mass is 224 g/mol. The van der Waals surface area contributed by atoms with Crippen molar-refractivity contribution in [3.63, 3.8) is 0 Å². The maximum atomic E-state index is 13.6. The highest BCUT2D eigenvalue weighted by Gasteiger charge is 2.22. The van der Waals surface area contributed by atoms with Gasteiger partial charge in [-0.1, -0.05) is 6.07 Å². The van der Waals surface area contributed by atoms with Gasteiger partial charge in [-0.25, -0.2) is 9.18 Å². The minimum Gasteiger partial charge on any atom is -0.460 e. The van der Waals surface area contributed by atoms with Gasteiger partial charge in [0.05, 0.1) is 12.2 Å². The second kappa shape index (κ2) is 4.88. The number of aryl methyl sites for hydroxylation is 2. The van der Waals surface area contributed by atoms with Crippen molar-refractivity contribution in [2.24, 2.45) is 0 Å². The van der Waals surface area contributed by atoms with Crippen molar-refractivity contribution in [1.29, 1.82) is 0 Å². The van der Waals surface area contributed by atoms with E-state index in [-0.39, 0.29) is 12.2 Å². The Morgan fingerprint density at radius 2 is 1.94 bits per heavy atom. The molecule has 0 saturated heterocycles. The van der Waals surface area contributed by atoms with E-state index in [1.165, 1.54) is 6.07 Å². The number of carbonyl (C=O) groups excluding carboxylic acids is 2. The van der Waals surface area contributed by atoms with Gasteiger partial charge in [-0.15, -0.1) is 0 Å². The molecule has 1 rings (SSSR count). The molecule has 86 valence electrons. The number of Topliss-reactive ketones (excluding diaryl/α,β-unsaturated/α-hetero) is 1. The average molecular weight is 224 g/mol. The fourth-order valence-corrected chi connectivity index (χ4v) is 1.42. The molecule has 0 aromatic heterocycles. The molecule has 1 aromatic rings. The standard InChI is InChI=1S/C12H13FO3/c1-4-16-12(15)11(14)9-6-7(2)5-8(3)10(9)13/h5-6H,4H2,1-3H3. The SMILES string of the molecule is CCOC(=O)C(=O)c1cc(C)cc(C)c1F. The van der Waals surface area contributed by atoms with Gasteiger partial charge in [0, 0.05) is 0 Å². The number of carbonyl (C=O) groups is 2. The summed E-state index contributed by atoms with van der Waals surface area (Å²) >= 11 is 0. The van der Waals surface area contributed by atoms with Crippen LogP contribution in [0.1, 0.15) is 28.4 Å². The first-order valence-electron chi connectivity index (χ1n) is 4.95. The molecule has 0 fully saturated rings. The fourth-order valence-electron chi connectivity index (χ4n) is 1.42. The van der Waals surface area contributed by atoms with Gasteiger partial charge >= 0.3 is 5.97 Å². The summed E-state index contributed by atoms with van der Waals surface area (Å²) < 4.78 is 18.1. The Kier molecular flexibility index (Phi) is 3.77. The molecule has 0 aliphatic rings. The highest BCUT2D eigenvalue weighted by molar-refractivity contribution is 6.40. The smallest absolute Gasteiger partial charge is 0.379 e. The lowest BCUT2D eigenvalue weighted by Gasteiger charge is -2.06. The van der Waals surface area contributed by atoms with Crippen LogP contribution in [0.4, 0.5) is 4.39 Å². The first-order valence-corrected chi connectivity index (χ1v) is 4.95. The number of halogens is 1. The summed E-state index contributed by atoms with van der Waals surface area (Å²) in [4.78, 5) is 22.7. The van der Waals surface area contributed by atoms with Crippen molar-refractivity contribution >= 4 is 11.8 Å². The molecule has 0 aliphatic carbocycles. The van der Waals surface area contributed by atoms with Crippen LogP contribution in [-0.4, -0.2) is 18.4 Å². The second-order valence-electron chi connectivity index (χ2n) is 3.49. The van der Waals surface area contributed by atoms with E-state index in [1.807, 2.05) is 0 Å². The number of hydrogen-bond donors (Lipinski definition) is 0. The van der Waals surface area contributed by atoms with E-state index in [1.54, 1.807) is 26.8 Å². The van der Waals surface area contributed by atoms with Crippen LogP contribution in [0, 0.1) is 19.7 Å². The molecule has 1 aromatic carbocycles. The Morgan fingerprint density at radius 3 is 2.50 bits per heavy atom. The average Bonchev–Trinajstić information content (AvgIpc) is 2.22. The summed E-state index contributed by atoms with van der Waals surface area (Å²) in [5.41, 5.74) is 0.843. The Labute approximate surface area is 93.2 Å². The number of ketones is 1. The third kappa shape index (κ3) is 2.45. The summed E-state index contributed by atoms with van der Waals surface area (Å²) in [7, 11) is 0. The van der Waals surface area contributed by atoms with E-state index in [0.717, 1.165) is 5.56 Å². The minimum absolute atomic E-state index is 0.0942. The minimum atomic E-state index is -1.02. The van der Waals surface area contributed by atoms with Crippen molar-refractivity contribution in [2.75, 3.05) is 6.61 Å². The summed E-state index contributed by atoms with van der Waals surface area (Å²) in [6, 6.07) is 2.96. The molecule has 4 heteroatoms. The van der Waals surface area contributed by atoms with Crippen LogP contribution in [0.25, 0.3) is 0 Å². The summed E-state index contributed by atoms with van der Waals surface area (Å²) in [5.74, 6) is -2.62. The molecule has 0 aliphatic heterocycles. The molecule has 0 N–H and O–H groups in total. The van der Waals surface area contributed by atoms with Crippen molar-refractivity contribution < 1.29 is 18.7 Å². The van der Waals surface area contributed by atoms with Crippen molar-refractivity contribution in [2.45, 2.75) is 20.8 Å². The van der Waals surface area contributed by atoms with E-state index >= 15 is 0 Å². The molecule has 0 radical (unpaired) electrons. The number of rotatable bonds is 3. The molecule has 0 bridgehead atoms. The van der Waals surface area contributed by atoms with Gasteiger partial charge in [-0.3, -0.25) is 4.79 Å². The molecule has 0 unspecified atom stereocenters. The maximum Gasteiger partial charge on any atom is 0.379 e. The zero-order chi connectivity index (χ0) is 12.3. The van der Waals surface area contributed by atoms with Gasteiger partial charge in [0.1, 0.15) is 5.82 Å². The topological polar surface area (TPSA) is 43.4 Å². The van der Waals surface area contributed by atoms with Gasteiger partial charge in [-0.05, 0) is 38.0 Å². The number of hydrogen-bond acceptors (Lipinski definition) is 3. The van der Waals surface area contributed by atoms with Crippen LogP contribution in [0.2, 0.25) is 0 Å². The Hall–Kier alpha value is -1.71. The van der Waals surface area contributed by atoms with E-state index in [4.69, 9.17) is 0 Å². The summed E-state index contributed by atoms with van der Waals surface area (Å²) in [5, 5.41) is 0. The molecule has 0 atom stereocenters. The molecule has 16 heavy (non-hydrogen) atoms. The third-order valence-corrected chi connectivity index (χ3v) is 2.10. The van der Waals surface area contributed by atoms with Crippen LogP contribution < -0.4 is 0 Å². The zero-order valence-corrected chi connectivity index (χ0v) is 9.46. The van der Waals surface area contributed by atoms with E-state index in [0.29, 0.717) is 5.56 Å². The Bertz CT molecular complexity index is 438. The highest BCUT2D eigenvalue weighted by Crippen LogP contribution is 2.16. The van der Waals surface area contributed by atoms with Crippen LogP contribution in [0.3, 0.4) is 0 Å². The van der Waals surface area contributed by atoms with Crippen molar-refractivity contribution in [1.82, 2.24) is 0 Å². The molecular weight excluding hydrogens is 211 g/mol. The Balaban J connectivity index is 3.13. The van der Waals surface area contributed by atoms with Gasteiger partial charge in [0.25, 0.3) is 5.78 Å². The van der Waals surface area contributed by atoms with Crippen LogP contribution >= 0.6 is 0 Å². The molecule has 0 amide bonds. The summed E-state index contributed by atoms with van der Waals surface area (Å²) in [6.07, 6.45) is 0. The third-order valence-electron chi connectivity index (χ3n) is 2.10. The quantitative estimate of drug-likeness (QED) is 0.449. The molecular formula is C12H13FO3. The van der Waals surface area contributed by atoms with Gasteiger partial charge in [-0.2, -0.15) is 0 Å². The number of ether oxygens (including phenoxy) is 1. The zero-order valence-electron chi connectivity index (χ0n) is 9.46. The number of benzene rings is 1. The lowest BCUT2D eigenvalue weighted by Crippen LogP contribution is -2.19. The van der Waals surface area contributed by atoms with Crippen molar-refractivity contribution in [3.8, 4) is 0 Å².